The van der Waals surface area contributed by atoms with Gasteiger partial charge in [0.1, 0.15) is 11.5 Å². The first-order chi connectivity index (χ1) is 13.2. The molecule has 1 atom stereocenters. The predicted molar refractivity (Wildman–Crippen MR) is 103 cm³/mol. The molecular weight excluding hydrogens is 340 g/mol. The highest BCUT2D eigenvalue weighted by Gasteiger charge is 2.41. The number of amides is 2. The number of rotatable bonds is 7. The summed E-state index contributed by atoms with van der Waals surface area (Å²) in [5.41, 5.74) is 1.10. The van der Waals surface area contributed by atoms with E-state index in [2.05, 4.69) is 5.32 Å². The molecule has 0 radical (unpaired) electrons. The molecule has 2 aliphatic rings. The smallest absolute Gasteiger partial charge is 0.225 e. The first-order valence-electron chi connectivity index (χ1n) is 9.58. The third-order valence-corrected chi connectivity index (χ3v) is 5.11. The molecule has 2 aromatic carbocycles. The first kappa shape index (κ1) is 17.6. The average molecular weight is 364 g/mol. The molecule has 2 fully saturated rings. The maximum absolute atomic E-state index is 12.4. The maximum atomic E-state index is 12.4. The van der Waals surface area contributed by atoms with Gasteiger partial charge in [0.2, 0.25) is 11.8 Å². The highest BCUT2D eigenvalue weighted by atomic mass is 16.5. The fourth-order valence-electron chi connectivity index (χ4n) is 3.51. The highest BCUT2D eigenvalue weighted by molar-refractivity contribution is 5.89. The van der Waals surface area contributed by atoms with E-state index in [0.29, 0.717) is 25.6 Å². The molecule has 1 aliphatic carbocycles. The number of likely N-dealkylation sites (tertiary alicyclic amines) is 1. The van der Waals surface area contributed by atoms with Gasteiger partial charge in [-0.25, -0.2) is 0 Å². The molecule has 27 heavy (non-hydrogen) atoms. The second-order valence-electron chi connectivity index (χ2n) is 7.28. The number of nitrogens with zero attached hydrogens (tertiary/aromatic N) is 1. The van der Waals surface area contributed by atoms with Crippen LogP contribution in [0.4, 0.5) is 0 Å². The number of hydrogen-bond acceptors (Lipinski definition) is 3. The Balaban J connectivity index is 1.26. The number of carbonyl (C=O) groups is 2. The van der Waals surface area contributed by atoms with E-state index in [1.165, 1.54) is 0 Å². The lowest BCUT2D eigenvalue weighted by Gasteiger charge is -2.15. The van der Waals surface area contributed by atoms with E-state index in [1.54, 1.807) is 0 Å². The fourth-order valence-corrected chi connectivity index (χ4v) is 3.51. The molecular formula is C22H24N2O3. The van der Waals surface area contributed by atoms with Crippen LogP contribution in [-0.4, -0.2) is 35.8 Å². The van der Waals surface area contributed by atoms with Crippen LogP contribution < -0.4 is 10.1 Å². The molecule has 5 nitrogen and oxygen atoms in total. The number of hydrogen-bond donors (Lipinski definition) is 1. The van der Waals surface area contributed by atoms with Crippen LogP contribution >= 0.6 is 0 Å². The zero-order valence-electron chi connectivity index (χ0n) is 15.3. The largest absolute Gasteiger partial charge is 0.457 e. The molecule has 1 N–H and O–H groups in total. The number of nitrogens with one attached hydrogen (secondary N) is 1. The van der Waals surface area contributed by atoms with Crippen LogP contribution in [-0.2, 0) is 16.0 Å². The standard InChI is InChI=1S/C22H24N2O3/c25-21-14-17(15-24(21)18-9-10-18)22(26)23-12-11-16-5-4-8-20(13-16)27-19-6-2-1-3-7-19/h1-8,13,17-18H,9-12,14-15H2,(H,23,26)/t17-/m1/s1. The van der Waals surface area contributed by atoms with E-state index in [4.69, 9.17) is 4.74 Å². The van der Waals surface area contributed by atoms with Gasteiger partial charge >= 0.3 is 0 Å². The molecule has 4 rings (SSSR count). The number of para-hydroxylation sites is 1. The Morgan fingerprint density at radius 3 is 2.63 bits per heavy atom. The Bertz CT molecular complexity index is 817. The SMILES string of the molecule is O=C(NCCc1cccc(Oc2ccccc2)c1)[C@@H]1CC(=O)N(C2CC2)C1. The summed E-state index contributed by atoms with van der Waals surface area (Å²) < 4.78 is 5.85. The van der Waals surface area contributed by atoms with Gasteiger partial charge in [-0.15, -0.1) is 0 Å². The van der Waals surface area contributed by atoms with Crippen LogP contribution in [0.1, 0.15) is 24.8 Å². The molecule has 140 valence electrons. The molecule has 0 spiro atoms. The molecule has 0 bridgehead atoms. The second kappa shape index (κ2) is 7.82. The van der Waals surface area contributed by atoms with Crippen molar-refractivity contribution in [3.63, 3.8) is 0 Å². The molecule has 2 amide bonds. The third-order valence-electron chi connectivity index (χ3n) is 5.11. The lowest BCUT2D eigenvalue weighted by Crippen LogP contribution is -2.34. The molecule has 5 heteroatoms. The predicted octanol–water partition coefficient (Wildman–Crippen LogP) is 3.15. The fraction of sp³-hybridized carbons (Fsp3) is 0.364. The third kappa shape index (κ3) is 4.48. The van der Waals surface area contributed by atoms with Gasteiger partial charge in [-0.05, 0) is 49.1 Å². The molecule has 1 heterocycles. The van der Waals surface area contributed by atoms with Gasteiger partial charge in [-0.1, -0.05) is 30.3 Å². The van der Waals surface area contributed by atoms with E-state index in [9.17, 15) is 9.59 Å². The molecule has 0 aromatic heterocycles. The van der Waals surface area contributed by atoms with Crippen molar-refractivity contribution < 1.29 is 14.3 Å². The minimum absolute atomic E-state index is 0.0109. The van der Waals surface area contributed by atoms with Crippen LogP contribution in [0, 0.1) is 5.92 Å². The lowest BCUT2D eigenvalue weighted by atomic mass is 10.1. The summed E-state index contributed by atoms with van der Waals surface area (Å²) in [6.45, 7) is 1.14. The minimum atomic E-state index is -0.203. The Labute approximate surface area is 159 Å². The lowest BCUT2D eigenvalue weighted by molar-refractivity contribution is -0.129. The van der Waals surface area contributed by atoms with Crippen molar-refractivity contribution in [3.8, 4) is 11.5 Å². The van der Waals surface area contributed by atoms with Gasteiger partial charge in [-0.2, -0.15) is 0 Å². The summed E-state index contributed by atoms with van der Waals surface area (Å²) in [6, 6.07) is 18.0. The highest BCUT2D eigenvalue weighted by Crippen LogP contribution is 2.32. The van der Waals surface area contributed by atoms with Crippen LogP contribution in [0.15, 0.2) is 54.6 Å². The Hall–Kier alpha value is -2.82. The van der Waals surface area contributed by atoms with Crippen LogP contribution in [0.3, 0.4) is 0 Å². The summed E-state index contributed by atoms with van der Waals surface area (Å²) in [4.78, 5) is 26.2. The molecule has 1 saturated heterocycles. The number of carbonyl (C=O) groups excluding carboxylic acids is 2. The van der Waals surface area contributed by atoms with Crippen molar-refractivity contribution >= 4 is 11.8 Å². The molecule has 2 aromatic rings. The normalized spacial score (nSPS) is 19.2. The van der Waals surface area contributed by atoms with Gasteiger partial charge in [0.05, 0.1) is 5.92 Å². The second-order valence-corrected chi connectivity index (χ2v) is 7.28. The van der Waals surface area contributed by atoms with E-state index in [-0.39, 0.29) is 17.7 Å². The Morgan fingerprint density at radius 2 is 1.85 bits per heavy atom. The minimum Gasteiger partial charge on any atom is -0.457 e. The van der Waals surface area contributed by atoms with Crippen LogP contribution in [0.25, 0.3) is 0 Å². The quantitative estimate of drug-likeness (QED) is 0.821. The van der Waals surface area contributed by atoms with Gasteiger partial charge in [0.25, 0.3) is 0 Å². The van der Waals surface area contributed by atoms with E-state index >= 15 is 0 Å². The average Bonchev–Trinajstić information content (AvgIpc) is 3.44. The van der Waals surface area contributed by atoms with E-state index in [1.807, 2.05) is 59.5 Å². The zero-order valence-corrected chi connectivity index (χ0v) is 15.3. The van der Waals surface area contributed by atoms with Crippen molar-refractivity contribution in [2.75, 3.05) is 13.1 Å². The van der Waals surface area contributed by atoms with Crippen molar-refractivity contribution in [2.24, 2.45) is 5.92 Å². The molecule has 0 unspecified atom stereocenters. The van der Waals surface area contributed by atoms with Gasteiger partial charge in [0, 0.05) is 25.6 Å². The van der Waals surface area contributed by atoms with Crippen LogP contribution in [0.5, 0.6) is 11.5 Å². The summed E-state index contributed by atoms with van der Waals surface area (Å²) in [6.07, 6.45) is 3.25. The Morgan fingerprint density at radius 1 is 1.07 bits per heavy atom. The molecule has 1 saturated carbocycles. The summed E-state index contributed by atoms with van der Waals surface area (Å²) in [5, 5.41) is 2.98. The first-order valence-corrected chi connectivity index (χ1v) is 9.58. The Kier molecular flexibility index (Phi) is 5.10. The van der Waals surface area contributed by atoms with Crippen molar-refractivity contribution in [1.82, 2.24) is 10.2 Å². The van der Waals surface area contributed by atoms with Gasteiger partial charge in [0.15, 0.2) is 0 Å². The summed E-state index contributed by atoms with van der Waals surface area (Å²) in [5.74, 6) is 1.50. The van der Waals surface area contributed by atoms with E-state index < -0.39 is 0 Å². The van der Waals surface area contributed by atoms with Crippen molar-refractivity contribution in [3.05, 3.63) is 60.2 Å². The maximum Gasteiger partial charge on any atom is 0.225 e. The topological polar surface area (TPSA) is 58.6 Å². The van der Waals surface area contributed by atoms with Crippen molar-refractivity contribution in [2.45, 2.75) is 31.7 Å². The van der Waals surface area contributed by atoms with Crippen molar-refractivity contribution in [1.29, 1.82) is 0 Å². The molecule has 1 aliphatic heterocycles. The van der Waals surface area contributed by atoms with Gasteiger partial charge < -0.3 is 15.0 Å². The zero-order chi connectivity index (χ0) is 18.6. The van der Waals surface area contributed by atoms with E-state index in [0.717, 1.165) is 36.3 Å². The number of ether oxygens (including phenoxy) is 1. The number of benzene rings is 2. The summed E-state index contributed by atoms with van der Waals surface area (Å²) >= 11 is 0. The van der Waals surface area contributed by atoms with Crippen LogP contribution in [0.2, 0.25) is 0 Å². The monoisotopic (exact) mass is 364 g/mol. The summed E-state index contributed by atoms with van der Waals surface area (Å²) in [7, 11) is 0. The van der Waals surface area contributed by atoms with Gasteiger partial charge in [-0.3, -0.25) is 9.59 Å².